The van der Waals surface area contributed by atoms with Crippen LogP contribution in [0.25, 0.3) is 0 Å². The average molecular weight is 343 g/mol. The average Bonchev–Trinajstić information content (AvgIpc) is 2.82. The number of aromatic hydroxyl groups is 1. The fraction of sp³-hybridized carbons (Fsp3) is 0.222. The molecule has 1 atom stereocenters. The van der Waals surface area contributed by atoms with E-state index < -0.39 is 11.5 Å². The Morgan fingerprint density at radius 2 is 2.08 bits per heavy atom. The van der Waals surface area contributed by atoms with Gasteiger partial charge in [0, 0.05) is 18.8 Å². The number of phenolic OH excluding ortho intramolecular Hbond substituents is 1. The SMILES string of the molecule is CN1OC(C)(CC(=O)Nc2cccc(O)c2)N=C1c1ccccc1F. The standard InChI is InChI=1S/C18H18FN3O3/c1-18(11-16(24)20-12-6-5-7-13(23)10-12)21-17(22(2)25-18)14-8-3-4-9-15(14)19/h3-10,23H,11H2,1-2H3,(H,20,24). The quantitative estimate of drug-likeness (QED) is 0.895. The van der Waals surface area contributed by atoms with Crippen molar-refractivity contribution in [1.82, 2.24) is 5.06 Å². The van der Waals surface area contributed by atoms with Crippen LogP contribution in [0.3, 0.4) is 0 Å². The summed E-state index contributed by atoms with van der Waals surface area (Å²) < 4.78 is 14.0. The fourth-order valence-electron chi connectivity index (χ4n) is 2.68. The van der Waals surface area contributed by atoms with Gasteiger partial charge in [0.05, 0.1) is 12.0 Å². The maximum atomic E-state index is 14.0. The summed E-state index contributed by atoms with van der Waals surface area (Å²) in [6, 6.07) is 12.5. The highest BCUT2D eigenvalue weighted by atomic mass is 19.1. The molecule has 1 aliphatic heterocycles. The van der Waals surface area contributed by atoms with Gasteiger partial charge in [-0.1, -0.05) is 18.2 Å². The number of amides is 1. The molecular formula is C18H18FN3O3. The van der Waals surface area contributed by atoms with E-state index in [2.05, 4.69) is 10.3 Å². The highest BCUT2D eigenvalue weighted by Crippen LogP contribution is 2.29. The zero-order valence-electron chi connectivity index (χ0n) is 13.9. The number of phenols is 1. The molecule has 0 aromatic heterocycles. The van der Waals surface area contributed by atoms with E-state index in [1.807, 2.05) is 0 Å². The molecule has 2 aromatic carbocycles. The second-order valence-corrected chi connectivity index (χ2v) is 5.95. The summed E-state index contributed by atoms with van der Waals surface area (Å²) in [5.41, 5.74) is -0.367. The van der Waals surface area contributed by atoms with Crippen LogP contribution in [0.2, 0.25) is 0 Å². The highest BCUT2D eigenvalue weighted by molar-refractivity contribution is 6.00. The van der Waals surface area contributed by atoms with Gasteiger partial charge in [-0.05, 0) is 31.2 Å². The first-order chi connectivity index (χ1) is 11.9. The molecule has 1 amide bonds. The Balaban J connectivity index is 1.76. The van der Waals surface area contributed by atoms with Crippen LogP contribution in [-0.4, -0.2) is 34.7 Å². The molecule has 0 aliphatic carbocycles. The van der Waals surface area contributed by atoms with Gasteiger partial charge in [-0.15, -0.1) is 0 Å². The summed E-state index contributed by atoms with van der Waals surface area (Å²) in [4.78, 5) is 22.3. The molecule has 1 heterocycles. The minimum absolute atomic E-state index is 0.0562. The molecule has 2 N–H and O–H groups in total. The number of amidine groups is 1. The summed E-state index contributed by atoms with van der Waals surface area (Å²) in [5, 5.41) is 13.5. The third-order valence-electron chi connectivity index (χ3n) is 3.71. The molecule has 6 nitrogen and oxygen atoms in total. The predicted octanol–water partition coefficient (Wildman–Crippen LogP) is 2.90. The lowest BCUT2D eigenvalue weighted by Crippen LogP contribution is -2.32. The normalized spacial score (nSPS) is 19.6. The zero-order chi connectivity index (χ0) is 18.0. The molecule has 130 valence electrons. The number of halogens is 1. The van der Waals surface area contributed by atoms with Gasteiger partial charge in [-0.25, -0.2) is 19.3 Å². The van der Waals surface area contributed by atoms with Crippen LogP contribution in [0, 0.1) is 5.82 Å². The van der Waals surface area contributed by atoms with Crippen LogP contribution in [-0.2, 0) is 9.63 Å². The molecule has 0 fully saturated rings. The van der Waals surface area contributed by atoms with Crippen molar-refractivity contribution in [2.75, 3.05) is 12.4 Å². The lowest BCUT2D eigenvalue weighted by atomic mass is 10.1. The zero-order valence-corrected chi connectivity index (χ0v) is 13.9. The number of nitrogens with zero attached hydrogens (tertiary/aromatic N) is 2. The van der Waals surface area contributed by atoms with Crippen LogP contribution >= 0.6 is 0 Å². The number of hydrogen-bond acceptors (Lipinski definition) is 5. The van der Waals surface area contributed by atoms with Crippen LogP contribution in [0.5, 0.6) is 5.75 Å². The molecule has 1 unspecified atom stereocenters. The number of hydrogen-bond donors (Lipinski definition) is 2. The van der Waals surface area contributed by atoms with Crippen molar-refractivity contribution in [3.8, 4) is 5.75 Å². The number of benzene rings is 2. The predicted molar refractivity (Wildman–Crippen MR) is 91.5 cm³/mol. The molecule has 0 saturated heterocycles. The van der Waals surface area contributed by atoms with E-state index in [1.165, 1.54) is 23.3 Å². The molecule has 1 aliphatic rings. The molecule has 0 spiro atoms. The lowest BCUT2D eigenvalue weighted by molar-refractivity contribution is -0.164. The number of carbonyl (C=O) groups is 1. The maximum Gasteiger partial charge on any atom is 0.229 e. The smallest absolute Gasteiger partial charge is 0.229 e. The molecule has 7 heteroatoms. The molecule has 0 bridgehead atoms. The van der Waals surface area contributed by atoms with E-state index in [4.69, 9.17) is 4.84 Å². The van der Waals surface area contributed by atoms with Gasteiger partial charge < -0.3 is 10.4 Å². The van der Waals surface area contributed by atoms with Gasteiger partial charge in [0.2, 0.25) is 5.91 Å². The second-order valence-electron chi connectivity index (χ2n) is 5.95. The van der Waals surface area contributed by atoms with Gasteiger partial charge in [0.25, 0.3) is 0 Å². The van der Waals surface area contributed by atoms with E-state index >= 15 is 0 Å². The van der Waals surface area contributed by atoms with Gasteiger partial charge in [-0.2, -0.15) is 0 Å². The number of rotatable bonds is 4. The van der Waals surface area contributed by atoms with E-state index in [-0.39, 0.29) is 18.1 Å². The monoisotopic (exact) mass is 343 g/mol. The van der Waals surface area contributed by atoms with Gasteiger partial charge in [0.1, 0.15) is 11.6 Å². The Bertz CT molecular complexity index is 840. The van der Waals surface area contributed by atoms with Gasteiger partial charge >= 0.3 is 0 Å². The number of nitrogens with one attached hydrogen (secondary N) is 1. The maximum absolute atomic E-state index is 14.0. The van der Waals surface area contributed by atoms with Gasteiger partial charge in [0.15, 0.2) is 11.6 Å². The first-order valence-electron chi connectivity index (χ1n) is 7.73. The highest BCUT2D eigenvalue weighted by Gasteiger charge is 2.38. The number of carbonyl (C=O) groups excluding carboxylic acids is 1. The summed E-state index contributed by atoms with van der Waals surface area (Å²) in [7, 11) is 1.61. The molecular weight excluding hydrogens is 325 g/mol. The molecule has 0 radical (unpaired) electrons. The minimum atomic E-state index is -1.15. The van der Waals surface area contributed by atoms with Crippen molar-refractivity contribution in [3.63, 3.8) is 0 Å². The Morgan fingerprint density at radius 1 is 1.32 bits per heavy atom. The summed E-state index contributed by atoms with van der Waals surface area (Å²) >= 11 is 0. The summed E-state index contributed by atoms with van der Waals surface area (Å²) in [6.07, 6.45) is -0.0645. The Hall–Kier alpha value is -2.93. The topological polar surface area (TPSA) is 74.2 Å². The van der Waals surface area contributed by atoms with Crippen molar-refractivity contribution in [1.29, 1.82) is 0 Å². The van der Waals surface area contributed by atoms with Crippen molar-refractivity contribution in [2.45, 2.75) is 19.1 Å². The van der Waals surface area contributed by atoms with Crippen molar-refractivity contribution >= 4 is 17.4 Å². The van der Waals surface area contributed by atoms with Crippen molar-refractivity contribution < 1.29 is 19.1 Å². The first-order valence-corrected chi connectivity index (χ1v) is 7.73. The van der Waals surface area contributed by atoms with E-state index in [9.17, 15) is 14.3 Å². The summed E-state index contributed by atoms with van der Waals surface area (Å²) in [5.74, 6) is -0.364. The fourth-order valence-corrected chi connectivity index (χ4v) is 2.68. The Kier molecular flexibility index (Phi) is 4.41. The van der Waals surface area contributed by atoms with Crippen molar-refractivity contribution in [2.24, 2.45) is 4.99 Å². The van der Waals surface area contributed by atoms with E-state index in [0.29, 0.717) is 17.1 Å². The van der Waals surface area contributed by atoms with E-state index in [0.717, 1.165) is 0 Å². The second kappa shape index (κ2) is 6.52. The third-order valence-corrected chi connectivity index (χ3v) is 3.71. The number of aliphatic imine (C=N–C) groups is 1. The molecule has 3 rings (SSSR count). The van der Waals surface area contributed by atoms with Crippen molar-refractivity contribution in [3.05, 3.63) is 59.9 Å². The van der Waals surface area contributed by atoms with Gasteiger partial charge in [-0.3, -0.25) is 4.79 Å². The minimum Gasteiger partial charge on any atom is -0.508 e. The number of anilines is 1. The van der Waals surface area contributed by atoms with Crippen LogP contribution < -0.4 is 5.32 Å². The molecule has 25 heavy (non-hydrogen) atoms. The van der Waals surface area contributed by atoms with E-state index in [1.54, 1.807) is 44.3 Å². The largest absolute Gasteiger partial charge is 0.508 e. The number of hydroxylamine groups is 2. The Labute approximate surface area is 144 Å². The van der Waals surface area contributed by atoms with Crippen LogP contribution in [0.15, 0.2) is 53.5 Å². The third kappa shape index (κ3) is 3.77. The lowest BCUT2D eigenvalue weighted by Gasteiger charge is -2.21. The van der Waals surface area contributed by atoms with Crippen LogP contribution in [0.1, 0.15) is 18.9 Å². The first kappa shape index (κ1) is 16.9. The summed E-state index contributed by atoms with van der Waals surface area (Å²) in [6.45, 7) is 1.65. The molecule has 2 aromatic rings. The van der Waals surface area contributed by atoms with Crippen LogP contribution in [0.4, 0.5) is 10.1 Å². The molecule has 0 saturated carbocycles. The Morgan fingerprint density at radius 3 is 2.80 bits per heavy atom.